The van der Waals surface area contributed by atoms with Crippen molar-refractivity contribution in [3.8, 4) is 33.4 Å². The summed E-state index contributed by atoms with van der Waals surface area (Å²) in [7, 11) is 0. The van der Waals surface area contributed by atoms with Gasteiger partial charge in [-0.1, -0.05) is 158 Å². The lowest BCUT2D eigenvalue weighted by molar-refractivity contribution is 0.769. The maximum absolute atomic E-state index is 3.63. The molecule has 2 heteroatoms. The molecule has 0 aromatic heterocycles. The summed E-state index contributed by atoms with van der Waals surface area (Å²) < 4.78 is 0. The summed E-state index contributed by atoms with van der Waals surface area (Å²) in [6, 6.07) is 74.0. The van der Waals surface area contributed by atoms with Crippen LogP contribution in [0.5, 0.6) is 0 Å². The first kappa shape index (κ1) is 30.4. The third-order valence-corrected chi connectivity index (χ3v) is 10.1. The molecule has 0 unspecified atom stereocenters. The smallest absolute Gasteiger partial charge is 0.0713 e. The van der Waals surface area contributed by atoms with E-state index in [-0.39, 0.29) is 0 Å². The van der Waals surface area contributed by atoms with Crippen molar-refractivity contribution in [3.63, 3.8) is 0 Å². The van der Waals surface area contributed by atoms with Crippen molar-refractivity contribution >= 4 is 22.7 Å². The standard InChI is InChI=1S/C49H36N2/c1-3-11-35(12-4-1)37-19-27-41(28-20-37)50-43-31-23-39(24-32-43)49(47-17-9-7-15-45(47)46-16-8-10-18-48(46)49)40-25-33-44(34-26-40)51-42-29-21-38(22-30-42)36-13-5-2-6-14-36/h1-34,50-51H. The molecule has 0 fully saturated rings. The molecule has 242 valence electrons. The van der Waals surface area contributed by atoms with E-state index in [2.05, 4.69) is 217 Å². The quantitative estimate of drug-likeness (QED) is 0.171. The van der Waals surface area contributed by atoms with E-state index in [4.69, 9.17) is 0 Å². The van der Waals surface area contributed by atoms with Crippen LogP contribution in [0.15, 0.2) is 206 Å². The van der Waals surface area contributed by atoms with Crippen LogP contribution < -0.4 is 10.6 Å². The van der Waals surface area contributed by atoms with Gasteiger partial charge in [0.1, 0.15) is 0 Å². The van der Waals surface area contributed by atoms with Gasteiger partial charge in [0.15, 0.2) is 0 Å². The average Bonchev–Trinajstić information content (AvgIpc) is 3.51. The highest BCUT2D eigenvalue weighted by Crippen LogP contribution is 2.56. The van der Waals surface area contributed by atoms with Crippen LogP contribution in [0.3, 0.4) is 0 Å². The molecule has 51 heavy (non-hydrogen) atoms. The van der Waals surface area contributed by atoms with Crippen molar-refractivity contribution in [2.24, 2.45) is 0 Å². The summed E-state index contributed by atoms with van der Waals surface area (Å²) in [4.78, 5) is 0. The third-order valence-electron chi connectivity index (χ3n) is 10.1. The highest BCUT2D eigenvalue weighted by Gasteiger charge is 2.45. The molecule has 8 aromatic carbocycles. The molecule has 0 heterocycles. The van der Waals surface area contributed by atoms with Crippen LogP contribution in [0.2, 0.25) is 0 Å². The Bertz CT molecular complexity index is 2240. The second kappa shape index (κ2) is 13.0. The van der Waals surface area contributed by atoms with Gasteiger partial charge < -0.3 is 10.6 Å². The highest BCUT2D eigenvalue weighted by molar-refractivity contribution is 5.86. The zero-order chi connectivity index (χ0) is 34.0. The van der Waals surface area contributed by atoms with E-state index in [0.717, 1.165) is 22.7 Å². The molecule has 2 nitrogen and oxygen atoms in total. The minimum Gasteiger partial charge on any atom is -0.356 e. The second-order valence-corrected chi connectivity index (χ2v) is 13.1. The first-order chi connectivity index (χ1) is 25.3. The minimum absolute atomic E-state index is 0.459. The minimum atomic E-state index is -0.459. The van der Waals surface area contributed by atoms with Crippen LogP contribution in [0.4, 0.5) is 22.7 Å². The summed E-state index contributed by atoms with van der Waals surface area (Å²) in [5.41, 5.74) is 16.3. The molecule has 8 aromatic rings. The topological polar surface area (TPSA) is 24.1 Å². The van der Waals surface area contributed by atoms with Crippen molar-refractivity contribution < 1.29 is 0 Å². The predicted molar refractivity (Wildman–Crippen MR) is 214 cm³/mol. The molecule has 2 N–H and O–H groups in total. The Morgan fingerprint density at radius 1 is 0.255 bits per heavy atom. The molecule has 0 radical (unpaired) electrons. The Balaban J connectivity index is 1.05. The van der Waals surface area contributed by atoms with E-state index in [0.29, 0.717) is 0 Å². The number of fused-ring (bicyclic) bond motifs is 3. The Labute approximate surface area is 299 Å². The van der Waals surface area contributed by atoms with Gasteiger partial charge in [-0.05, 0) is 104 Å². The summed E-state index contributed by atoms with van der Waals surface area (Å²) in [6.45, 7) is 0. The number of anilines is 4. The second-order valence-electron chi connectivity index (χ2n) is 13.1. The number of benzene rings is 8. The normalized spacial score (nSPS) is 12.5. The van der Waals surface area contributed by atoms with Crippen LogP contribution in [-0.2, 0) is 5.41 Å². The van der Waals surface area contributed by atoms with Crippen molar-refractivity contribution in [2.45, 2.75) is 5.41 Å². The maximum Gasteiger partial charge on any atom is 0.0713 e. The van der Waals surface area contributed by atoms with Gasteiger partial charge in [-0.15, -0.1) is 0 Å². The van der Waals surface area contributed by atoms with E-state index in [1.54, 1.807) is 0 Å². The van der Waals surface area contributed by atoms with Crippen LogP contribution >= 0.6 is 0 Å². The molecular formula is C49H36N2. The van der Waals surface area contributed by atoms with Crippen LogP contribution in [0.1, 0.15) is 22.3 Å². The van der Waals surface area contributed by atoms with E-state index in [9.17, 15) is 0 Å². The lowest BCUT2D eigenvalue weighted by Gasteiger charge is -2.34. The lowest BCUT2D eigenvalue weighted by atomic mass is 9.67. The number of hydrogen-bond donors (Lipinski definition) is 2. The number of nitrogens with one attached hydrogen (secondary N) is 2. The lowest BCUT2D eigenvalue weighted by Crippen LogP contribution is -2.28. The molecule has 0 spiro atoms. The Hall–Kier alpha value is -6.64. The SMILES string of the molecule is c1ccc(-c2ccc(Nc3ccc(C4(c5ccc(Nc6ccc(-c7ccccc7)cc6)cc5)c5ccccc5-c5ccccc54)cc3)cc2)cc1. The van der Waals surface area contributed by atoms with Crippen LogP contribution in [0.25, 0.3) is 33.4 Å². The van der Waals surface area contributed by atoms with Crippen molar-refractivity contribution in [1.82, 2.24) is 0 Å². The molecule has 0 aliphatic heterocycles. The fourth-order valence-corrected chi connectivity index (χ4v) is 7.72. The van der Waals surface area contributed by atoms with Crippen molar-refractivity contribution in [2.75, 3.05) is 10.6 Å². The largest absolute Gasteiger partial charge is 0.356 e. The first-order valence-electron chi connectivity index (χ1n) is 17.5. The van der Waals surface area contributed by atoms with Crippen LogP contribution in [0, 0.1) is 0 Å². The Morgan fingerprint density at radius 3 is 0.922 bits per heavy atom. The molecule has 9 rings (SSSR count). The molecular weight excluding hydrogens is 617 g/mol. The summed E-state index contributed by atoms with van der Waals surface area (Å²) in [5.74, 6) is 0. The average molecular weight is 653 g/mol. The summed E-state index contributed by atoms with van der Waals surface area (Å²) in [6.07, 6.45) is 0. The Morgan fingerprint density at radius 2 is 0.549 bits per heavy atom. The number of rotatable bonds is 8. The zero-order valence-electron chi connectivity index (χ0n) is 28.1. The van der Waals surface area contributed by atoms with Crippen molar-refractivity contribution in [3.05, 3.63) is 229 Å². The van der Waals surface area contributed by atoms with Gasteiger partial charge in [0.2, 0.25) is 0 Å². The monoisotopic (exact) mass is 652 g/mol. The maximum atomic E-state index is 3.63. The Kier molecular flexibility index (Phi) is 7.75. The van der Waals surface area contributed by atoms with Gasteiger partial charge in [-0.25, -0.2) is 0 Å². The highest BCUT2D eigenvalue weighted by atomic mass is 14.9. The van der Waals surface area contributed by atoms with Gasteiger partial charge in [0, 0.05) is 22.7 Å². The predicted octanol–water partition coefficient (Wildman–Crippen LogP) is 12.9. The first-order valence-corrected chi connectivity index (χ1v) is 17.5. The molecule has 0 saturated heterocycles. The molecule has 1 aliphatic rings. The van der Waals surface area contributed by atoms with Crippen molar-refractivity contribution in [1.29, 1.82) is 0 Å². The fraction of sp³-hybridized carbons (Fsp3) is 0.0204. The summed E-state index contributed by atoms with van der Waals surface area (Å²) in [5, 5.41) is 7.25. The number of hydrogen-bond acceptors (Lipinski definition) is 2. The van der Waals surface area contributed by atoms with E-state index in [1.165, 1.54) is 55.6 Å². The van der Waals surface area contributed by atoms with Gasteiger partial charge in [-0.2, -0.15) is 0 Å². The van der Waals surface area contributed by atoms with Gasteiger partial charge >= 0.3 is 0 Å². The fourth-order valence-electron chi connectivity index (χ4n) is 7.72. The molecule has 0 amide bonds. The van der Waals surface area contributed by atoms with Gasteiger partial charge in [0.05, 0.1) is 5.41 Å². The molecule has 0 saturated carbocycles. The van der Waals surface area contributed by atoms with Gasteiger partial charge in [0.25, 0.3) is 0 Å². The van der Waals surface area contributed by atoms with E-state index >= 15 is 0 Å². The van der Waals surface area contributed by atoms with Gasteiger partial charge in [-0.3, -0.25) is 0 Å². The zero-order valence-corrected chi connectivity index (χ0v) is 28.1. The third kappa shape index (κ3) is 5.57. The van der Waals surface area contributed by atoms with E-state index in [1.807, 2.05) is 0 Å². The molecule has 1 aliphatic carbocycles. The molecule has 0 bridgehead atoms. The summed E-state index contributed by atoms with van der Waals surface area (Å²) >= 11 is 0. The van der Waals surface area contributed by atoms with E-state index < -0.39 is 5.41 Å². The molecule has 0 atom stereocenters. The van der Waals surface area contributed by atoms with Crippen LogP contribution in [-0.4, -0.2) is 0 Å².